The van der Waals surface area contributed by atoms with Gasteiger partial charge < -0.3 is 14.8 Å². The molecule has 0 bridgehead atoms. The van der Waals surface area contributed by atoms with Gasteiger partial charge in [0.1, 0.15) is 18.1 Å². The highest BCUT2D eigenvalue weighted by atomic mass is 79.9. The number of aliphatic hydroxyl groups is 1. The van der Waals surface area contributed by atoms with E-state index in [1.165, 1.54) is 0 Å². The smallest absolute Gasteiger partial charge is 0.129 e. The molecule has 3 aromatic rings. The van der Waals surface area contributed by atoms with E-state index in [1.807, 2.05) is 30.3 Å². The zero-order valence-electron chi connectivity index (χ0n) is 10.6. The second-order valence-corrected chi connectivity index (χ2v) is 5.33. The molecule has 0 fully saturated rings. The van der Waals surface area contributed by atoms with Crippen molar-refractivity contribution in [1.29, 1.82) is 0 Å². The number of fused-ring (bicyclic) bond motifs is 1. The molecule has 2 heterocycles. The molecule has 1 aromatic carbocycles. The molecule has 0 radical (unpaired) electrons. The standard InChI is InChI=1S/C15H13BrN2O2/c16-11-6-10-2-1-3-14(15(10)18-7-11)17-8-12-4-5-13(9-19)20-12/h1-7,17,19H,8-9H2. The molecule has 0 saturated heterocycles. The molecule has 2 N–H and O–H groups in total. The van der Waals surface area contributed by atoms with Crippen LogP contribution in [-0.2, 0) is 13.2 Å². The Morgan fingerprint density at radius 2 is 2.05 bits per heavy atom. The molecule has 0 aliphatic rings. The Morgan fingerprint density at radius 3 is 2.85 bits per heavy atom. The van der Waals surface area contributed by atoms with E-state index in [0.717, 1.165) is 26.8 Å². The van der Waals surface area contributed by atoms with Crippen molar-refractivity contribution >= 4 is 32.5 Å². The molecule has 0 aliphatic heterocycles. The molecule has 3 rings (SSSR count). The number of halogens is 1. The van der Waals surface area contributed by atoms with E-state index in [2.05, 4.69) is 26.2 Å². The number of para-hydroxylation sites is 1. The summed E-state index contributed by atoms with van der Waals surface area (Å²) in [5.41, 5.74) is 1.88. The first-order valence-electron chi connectivity index (χ1n) is 6.23. The van der Waals surface area contributed by atoms with Crippen LogP contribution in [0.1, 0.15) is 11.5 Å². The lowest BCUT2D eigenvalue weighted by atomic mass is 10.2. The number of nitrogens with zero attached hydrogens (tertiary/aromatic N) is 1. The molecule has 0 saturated carbocycles. The number of nitrogens with one attached hydrogen (secondary N) is 1. The quantitative estimate of drug-likeness (QED) is 0.764. The van der Waals surface area contributed by atoms with Crippen molar-refractivity contribution in [2.45, 2.75) is 13.2 Å². The summed E-state index contributed by atoms with van der Waals surface area (Å²) in [5.74, 6) is 1.35. The highest BCUT2D eigenvalue weighted by Gasteiger charge is 2.05. The van der Waals surface area contributed by atoms with E-state index in [-0.39, 0.29) is 6.61 Å². The van der Waals surface area contributed by atoms with Crippen LogP contribution in [0.3, 0.4) is 0 Å². The van der Waals surface area contributed by atoms with Gasteiger partial charge in [0.05, 0.1) is 17.7 Å². The van der Waals surface area contributed by atoms with E-state index in [0.29, 0.717) is 12.3 Å². The molecule has 5 heteroatoms. The summed E-state index contributed by atoms with van der Waals surface area (Å²) in [5, 5.41) is 13.4. The summed E-state index contributed by atoms with van der Waals surface area (Å²) in [4.78, 5) is 4.43. The van der Waals surface area contributed by atoms with Crippen LogP contribution in [0.15, 0.2) is 51.5 Å². The van der Waals surface area contributed by atoms with Crippen LogP contribution in [0.5, 0.6) is 0 Å². The molecule has 102 valence electrons. The van der Waals surface area contributed by atoms with Crippen LogP contribution in [0.25, 0.3) is 10.9 Å². The number of aliphatic hydroxyl groups excluding tert-OH is 1. The second kappa shape index (κ2) is 5.64. The summed E-state index contributed by atoms with van der Waals surface area (Å²) in [6.07, 6.45) is 1.78. The van der Waals surface area contributed by atoms with Crippen molar-refractivity contribution in [2.75, 3.05) is 5.32 Å². The van der Waals surface area contributed by atoms with Gasteiger partial charge in [-0.15, -0.1) is 0 Å². The van der Waals surface area contributed by atoms with Gasteiger partial charge in [0, 0.05) is 16.1 Å². The number of hydrogen-bond acceptors (Lipinski definition) is 4. The van der Waals surface area contributed by atoms with Gasteiger partial charge in [-0.25, -0.2) is 0 Å². The Kier molecular flexibility index (Phi) is 3.71. The molecule has 0 aliphatic carbocycles. The number of furan rings is 1. The number of hydrogen-bond donors (Lipinski definition) is 2. The highest BCUT2D eigenvalue weighted by Crippen LogP contribution is 2.24. The minimum Gasteiger partial charge on any atom is -0.462 e. The Morgan fingerprint density at radius 1 is 1.20 bits per heavy atom. The van der Waals surface area contributed by atoms with E-state index in [1.54, 1.807) is 12.3 Å². The first-order valence-corrected chi connectivity index (χ1v) is 7.02. The van der Waals surface area contributed by atoms with E-state index < -0.39 is 0 Å². The van der Waals surface area contributed by atoms with E-state index in [4.69, 9.17) is 9.52 Å². The Hall–Kier alpha value is -1.85. The van der Waals surface area contributed by atoms with Crippen LogP contribution < -0.4 is 5.32 Å². The van der Waals surface area contributed by atoms with Gasteiger partial charge in [0.2, 0.25) is 0 Å². The van der Waals surface area contributed by atoms with Crippen LogP contribution in [0, 0.1) is 0 Å². The Bertz CT molecular complexity index is 740. The maximum Gasteiger partial charge on any atom is 0.129 e. The lowest BCUT2D eigenvalue weighted by Gasteiger charge is -2.08. The van der Waals surface area contributed by atoms with Crippen molar-refractivity contribution < 1.29 is 9.52 Å². The van der Waals surface area contributed by atoms with Gasteiger partial charge in [0.25, 0.3) is 0 Å². The van der Waals surface area contributed by atoms with Crippen LogP contribution in [0.2, 0.25) is 0 Å². The largest absolute Gasteiger partial charge is 0.462 e. The predicted octanol–water partition coefficient (Wildman–Crippen LogP) is 3.69. The zero-order valence-corrected chi connectivity index (χ0v) is 12.2. The average molecular weight is 333 g/mol. The molecule has 0 amide bonds. The summed E-state index contributed by atoms with van der Waals surface area (Å²) >= 11 is 3.42. The van der Waals surface area contributed by atoms with Gasteiger partial charge in [-0.05, 0) is 40.2 Å². The van der Waals surface area contributed by atoms with Crippen LogP contribution >= 0.6 is 15.9 Å². The SMILES string of the molecule is OCc1ccc(CNc2cccc3cc(Br)cnc23)o1. The minimum atomic E-state index is -0.0795. The van der Waals surface area contributed by atoms with Crippen molar-refractivity contribution in [3.8, 4) is 0 Å². The third-order valence-corrected chi connectivity index (χ3v) is 3.44. The van der Waals surface area contributed by atoms with Gasteiger partial charge >= 0.3 is 0 Å². The molecule has 20 heavy (non-hydrogen) atoms. The minimum absolute atomic E-state index is 0.0795. The predicted molar refractivity (Wildman–Crippen MR) is 81.4 cm³/mol. The molecule has 0 unspecified atom stereocenters. The Balaban J connectivity index is 1.83. The monoisotopic (exact) mass is 332 g/mol. The fourth-order valence-electron chi connectivity index (χ4n) is 2.06. The Labute approximate surface area is 124 Å². The summed E-state index contributed by atoms with van der Waals surface area (Å²) in [7, 11) is 0. The molecule has 2 aromatic heterocycles. The third kappa shape index (κ3) is 2.69. The number of aromatic nitrogens is 1. The third-order valence-electron chi connectivity index (χ3n) is 3.00. The van der Waals surface area contributed by atoms with Gasteiger partial charge in [0.15, 0.2) is 0 Å². The average Bonchev–Trinajstić information content (AvgIpc) is 2.92. The molecular weight excluding hydrogens is 320 g/mol. The molecule has 0 atom stereocenters. The van der Waals surface area contributed by atoms with Gasteiger partial charge in [-0.3, -0.25) is 4.98 Å². The van der Waals surface area contributed by atoms with Gasteiger partial charge in [-0.2, -0.15) is 0 Å². The molecular formula is C15H13BrN2O2. The normalized spacial score (nSPS) is 10.9. The number of anilines is 1. The first kappa shape index (κ1) is 13.1. The first-order chi connectivity index (χ1) is 9.76. The maximum absolute atomic E-state index is 8.97. The van der Waals surface area contributed by atoms with Crippen molar-refractivity contribution in [3.63, 3.8) is 0 Å². The lowest BCUT2D eigenvalue weighted by molar-refractivity contribution is 0.244. The molecule has 4 nitrogen and oxygen atoms in total. The number of pyridine rings is 1. The fourth-order valence-corrected chi connectivity index (χ4v) is 2.41. The summed E-state index contributed by atoms with van der Waals surface area (Å²) in [6.45, 7) is 0.473. The van der Waals surface area contributed by atoms with Crippen LogP contribution in [-0.4, -0.2) is 10.1 Å². The highest BCUT2D eigenvalue weighted by molar-refractivity contribution is 9.10. The summed E-state index contributed by atoms with van der Waals surface area (Å²) < 4.78 is 6.40. The van der Waals surface area contributed by atoms with Crippen LogP contribution in [0.4, 0.5) is 5.69 Å². The lowest BCUT2D eigenvalue weighted by Crippen LogP contribution is -1.99. The van der Waals surface area contributed by atoms with Crippen molar-refractivity contribution in [3.05, 3.63) is 58.6 Å². The van der Waals surface area contributed by atoms with Crippen molar-refractivity contribution in [2.24, 2.45) is 0 Å². The fraction of sp³-hybridized carbons (Fsp3) is 0.133. The number of benzene rings is 1. The van der Waals surface area contributed by atoms with E-state index >= 15 is 0 Å². The molecule has 0 spiro atoms. The van der Waals surface area contributed by atoms with Gasteiger partial charge in [-0.1, -0.05) is 12.1 Å². The van der Waals surface area contributed by atoms with Crippen molar-refractivity contribution in [1.82, 2.24) is 4.98 Å². The number of rotatable bonds is 4. The second-order valence-electron chi connectivity index (χ2n) is 4.41. The van der Waals surface area contributed by atoms with E-state index in [9.17, 15) is 0 Å². The summed E-state index contributed by atoms with van der Waals surface area (Å²) in [6, 6.07) is 11.7. The maximum atomic E-state index is 8.97. The zero-order chi connectivity index (χ0) is 13.9. The topological polar surface area (TPSA) is 58.3 Å².